The third-order valence-corrected chi connectivity index (χ3v) is 3.02. The molecule has 1 saturated heterocycles. The number of aromatic nitrogens is 1. The number of amides is 1. The lowest BCUT2D eigenvalue weighted by molar-refractivity contribution is 0.0924. The van der Waals surface area contributed by atoms with Crippen molar-refractivity contribution in [3.8, 4) is 0 Å². The minimum Gasteiger partial charge on any atom is -0.349 e. The molecule has 0 aromatic carbocycles. The molecule has 1 aromatic heterocycles. The average molecular weight is 235 g/mol. The quantitative estimate of drug-likeness (QED) is 0.687. The number of carbonyl (C=O) groups excluding carboxylic acids is 1. The van der Waals surface area contributed by atoms with Crippen LogP contribution in [0.25, 0.3) is 0 Å². The molecule has 0 aliphatic carbocycles. The maximum atomic E-state index is 11.9. The smallest absolute Gasteiger partial charge is 0.260 e. The fourth-order valence-electron chi connectivity index (χ4n) is 2.13. The number of H-pyrrole nitrogens is 1. The van der Waals surface area contributed by atoms with Crippen molar-refractivity contribution < 1.29 is 4.79 Å². The molecule has 92 valence electrons. The summed E-state index contributed by atoms with van der Waals surface area (Å²) in [6.45, 7) is 2.99. The number of hydrogen-bond donors (Lipinski definition) is 3. The zero-order valence-electron chi connectivity index (χ0n) is 9.82. The summed E-state index contributed by atoms with van der Waals surface area (Å²) in [4.78, 5) is 25.8. The van der Waals surface area contributed by atoms with E-state index < -0.39 is 0 Å². The Bertz CT molecular complexity index is 455. The Morgan fingerprint density at radius 1 is 1.53 bits per heavy atom. The Balaban J connectivity index is 2.02. The van der Waals surface area contributed by atoms with Gasteiger partial charge in [0, 0.05) is 18.3 Å². The zero-order valence-corrected chi connectivity index (χ0v) is 9.82. The predicted octanol–water partition coefficient (Wildman–Crippen LogP) is 0.245. The Morgan fingerprint density at radius 3 is 3.06 bits per heavy atom. The van der Waals surface area contributed by atoms with Gasteiger partial charge in [-0.2, -0.15) is 0 Å². The van der Waals surface area contributed by atoms with E-state index >= 15 is 0 Å². The average Bonchev–Trinajstić information content (AvgIpc) is 2.29. The summed E-state index contributed by atoms with van der Waals surface area (Å²) in [6, 6.07) is 3.75. The first kappa shape index (κ1) is 11.9. The molecule has 1 aromatic rings. The third kappa shape index (κ3) is 2.94. The third-order valence-electron chi connectivity index (χ3n) is 3.02. The van der Waals surface area contributed by atoms with Crippen molar-refractivity contribution in [2.24, 2.45) is 0 Å². The second-order valence-electron chi connectivity index (χ2n) is 4.46. The standard InChI is InChI=1S/C12H17N3O2/c1-8-7-9(4-6-13-8)15-12(17)10-3-2-5-14-11(10)16/h2-3,5,8-9,13H,4,6-7H2,1H3,(H,14,16)(H,15,17). The van der Waals surface area contributed by atoms with E-state index in [-0.39, 0.29) is 23.1 Å². The van der Waals surface area contributed by atoms with Crippen molar-refractivity contribution >= 4 is 5.91 Å². The minimum absolute atomic E-state index is 0.151. The zero-order chi connectivity index (χ0) is 12.3. The summed E-state index contributed by atoms with van der Waals surface area (Å²) in [7, 11) is 0. The molecule has 3 N–H and O–H groups in total. The van der Waals surface area contributed by atoms with Crippen LogP contribution in [0.3, 0.4) is 0 Å². The summed E-state index contributed by atoms with van der Waals surface area (Å²) in [5, 5.41) is 6.22. The Hall–Kier alpha value is -1.62. The number of aromatic amines is 1. The van der Waals surface area contributed by atoms with Gasteiger partial charge in [-0.25, -0.2) is 0 Å². The molecule has 1 aliphatic heterocycles. The van der Waals surface area contributed by atoms with Crippen molar-refractivity contribution in [2.45, 2.75) is 31.8 Å². The van der Waals surface area contributed by atoms with E-state index in [1.54, 1.807) is 12.1 Å². The number of carbonyl (C=O) groups is 1. The van der Waals surface area contributed by atoms with E-state index in [0.29, 0.717) is 6.04 Å². The van der Waals surface area contributed by atoms with Gasteiger partial charge in [0.15, 0.2) is 0 Å². The van der Waals surface area contributed by atoms with E-state index in [0.717, 1.165) is 19.4 Å². The predicted molar refractivity (Wildman–Crippen MR) is 65.0 cm³/mol. The van der Waals surface area contributed by atoms with Crippen molar-refractivity contribution in [2.75, 3.05) is 6.54 Å². The molecule has 1 aliphatic rings. The maximum Gasteiger partial charge on any atom is 0.260 e. The van der Waals surface area contributed by atoms with Crippen LogP contribution in [-0.4, -0.2) is 29.5 Å². The van der Waals surface area contributed by atoms with Crippen molar-refractivity contribution in [1.82, 2.24) is 15.6 Å². The molecule has 0 saturated carbocycles. The van der Waals surface area contributed by atoms with E-state index in [4.69, 9.17) is 0 Å². The lowest BCUT2D eigenvalue weighted by atomic mass is 10.0. The topological polar surface area (TPSA) is 74.0 Å². The summed E-state index contributed by atoms with van der Waals surface area (Å²) in [5.74, 6) is -0.286. The van der Waals surface area contributed by atoms with Gasteiger partial charge in [-0.1, -0.05) is 0 Å². The molecule has 0 spiro atoms. The normalized spacial score (nSPS) is 24.3. The SMILES string of the molecule is CC1CC(NC(=O)c2ccc[nH]c2=O)CCN1. The van der Waals surface area contributed by atoms with Gasteiger partial charge >= 0.3 is 0 Å². The van der Waals surface area contributed by atoms with Crippen LogP contribution < -0.4 is 16.2 Å². The Morgan fingerprint density at radius 2 is 2.35 bits per heavy atom. The van der Waals surface area contributed by atoms with Gasteiger partial charge in [0.25, 0.3) is 11.5 Å². The molecule has 17 heavy (non-hydrogen) atoms. The lowest BCUT2D eigenvalue weighted by Crippen LogP contribution is -2.47. The highest BCUT2D eigenvalue weighted by molar-refractivity contribution is 5.93. The summed E-state index contributed by atoms with van der Waals surface area (Å²) >= 11 is 0. The highest BCUT2D eigenvalue weighted by atomic mass is 16.2. The van der Waals surface area contributed by atoms with Crippen LogP contribution in [-0.2, 0) is 0 Å². The second kappa shape index (κ2) is 5.14. The van der Waals surface area contributed by atoms with Crippen LogP contribution in [0.2, 0.25) is 0 Å². The van der Waals surface area contributed by atoms with E-state index in [1.165, 1.54) is 6.20 Å². The largest absolute Gasteiger partial charge is 0.349 e. The molecule has 1 amide bonds. The van der Waals surface area contributed by atoms with Crippen molar-refractivity contribution in [3.63, 3.8) is 0 Å². The van der Waals surface area contributed by atoms with Gasteiger partial charge in [0.1, 0.15) is 5.56 Å². The second-order valence-corrected chi connectivity index (χ2v) is 4.46. The Labute approximate surface area is 99.6 Å². The van der Waals surface area contributed by atoms with Crippen molar-refractivity contribution in [3.05, 3.63) is 34.2 Å². The van der Waals surface area contributed by atoms with Gasteiger partial charge in [0.2, 0.25) is 0 Å². The number of hydrogen-bond acceptors (Lipinski definition) is 3. The summed E-state index contributed by atoms with van der Waals surface area (Å²) in [5.41, 5.74) is -0.161. The molecule has 0 radical (unpaired) electrons. The fraction of sp³-hybridized carbons (Fsp3) is 0.500. The molecule has 2 atom stereocenters. The molecular weight excluding hydrogens is 218 g/mol. The maximum absolute atomic E-state index is 11.9. The first-order valence-electron chi connectivity index (χ1n) is 5.89. The molecule has 2 unspecified atom stereocenters. The number of nitrogens with one attached hydrogen (secondary N) is 3. The van der Waals surface area contributed by atoms with Gasteiger partial charge in [0.05, 0.1) is 0 Å². The van der Waals surface area contributed by atoms with Gasteiger partial charge in [-0.3, -0.25) is 9.59 Å². The molecule has 2 heterocycles. The van der Waals surface area contributed by atoms with E-state index in [9.17, 15) is 9.59 Å². The monoisotopic (exact) mass is 235 g/mol. The van der Waals surface area contributed by atoms with Gasteiger partial charge < -0.3 is 15.6 Å². The lowest BCUT2D eigenvalue weighted by Gasteiger charge is -2.28. The molecule has 5 nitrogen and oxygen atoms in total. The molecule has 5 heteroatoms. The highest BCUT2D eigenvalue weighted by Gasteiger charge is 2.21. The van der Waals surface area contributed by atoms with Gasteiger partial charge in [-0.15, -0.1) is 0 Å². The first-order chi connectivity index (χ1) is 8.16. The number of rotatable bonds is 2. The number of piperidine rings is 1. The first-order valence-corrected chi connectivity index (χ1v) is 5.89. The highest BCUT2D eigenvalue weighted by Crippen LogP contribution is 2.08. The molecule has 1 fully saturated rings. The molecule has 0 bridgehead atoms. The van der Waals surface area contributed by atoms with Crippen LogP contribution in [0.1, 0.15) is 30.1 Å². The molecule has 2 rings (SSSR count). The van der Waals surface area contributed by atoms with Crippen molar-refractivity contribution in [1.29, 1.82) is 0 Å². The van der Waals surface area contributed by atoms with Crippen LogP contribution in [0.15, 0.2) is 23.1 Å². The van der Waals surface area contributed by atoms with E-state index in [2.05, 4.69) is 22.5 Å². The van der Waals surface area contributed by atoms with Crippen LogP contribution in [0.5, 0.6) is 0 Å². The van der Waals surface area contributed by atoms with Crippen LogP contribution >= 0.6 is 0 Å². The van der Waals surface area contributed by atoms with Gasteiger partial charge in [-0.05, 0) is 38.4 Å². The van der Waals surface area contributed by atoms with Crippen LogP contribution in [0, 0.1) is 0 Å². The van der Waals surface area contributed by atoms with E-state index in [1.807, 2.05) is 0 Å². The summed E-state index contributed by atoms with van der Waals surface area (Å²) in [6.07, 6.45) is 3.32. The minimum atomic E-state index is -0.341. The Kier molecular flexibility index (Phi) is 3.58. The van der Waals surface area contributed by atoms with Crippen LogP contribution in [0.4, 0.5) is 0 Å². The fourth-order valence-corrected chi connectivity index (χ4v) is 2.13. The molecular formula is C12H17N3O2. The summed E-state index contributed by atoms with van der Waals surface area (Å²) < 4.78 is 0. The number of pyridine rings is 1.